The molecule has 4 fully saturated rings. The van der Waals surface area contributed by atoms with Crippen LogP contribution in [-0.2, 0) is 33.9 Å². The number of piperidine rings is 1. The number of aromatic nitrogens is 3. The lowest BCUT2D eigenvalue weighted by molar-refractivity contribution is -0.137. The number of carbonyl (C=O) groups excluding carboxylic acids is 4. The average molecular weight is 933 g/mol. The number of hydrogen-bond donors (Lipinski definition) is 5. The zero-order valence-corrected chi connectivity index (χ0v) is 41.5. The number of ether oxygens (including phenoxy) is 1. The summed E-state index contributed by atoms with van der Waals surface area (Å²) in [5.41, 5.74) is 9.18. The fraction of sp³-hybridized carbons (Fsp3) is 0.652. The number of allylic oxidation sites excluding steroid dienone is 1. The monoisotopic (exact) mass is 933 g/mol. The van der Waals surface area contributed by atoms with Crippen molar-refractivity contribution in [3.63, 3.8) is 0 Å². The summed E-state index contributed by atoms with van der Waals surface area (Å²) in [5.74, 6) is -0.553. The number of nitrogens with two attached hydrogens (primary N) is 1. The predicted molar refractivity (Wildman–Crippen MR) is 257 cm³/mol. The Morgan fingerprint density at radius 3 is 2.17 bits per heavy atom. The smallest absolute Gasteiger partial charge is 0.326 e. The molecule has 16 nitrogen and oxygen atoms in total. The zero-order valence-electron chi connectivity index (χ0n) is 39.8. The molecule has 0 bridgehead atoms. The van der Waals surface area contributed by atoms with E-state index in [-0.39, 0.29) is 52.8 Å². The van der Waals surface area contributed by atoms with Gasteiger partial charge in [-0.2, -0.15) is 0 Å². The van der Waals surface area contributed by atoms with Gasteiger partial charge in [0.05, 0.1) is 34.1 Å². The van der Waals surface area contributed by atoms with E-state index in [0.717, 1.165) is 60.4 Å². The SMILES string of the molecule is C=CC1CC1C(=O)NS(=O)(=O)C1CC1.CC(C)n1c(=O)[nH]c2c(-c3nc(C4CCNCC4)cs3)cccc21.CCC.CCC.COC(C)(C)C.NC(=O)C1CCCN1C(=O)CNC=O. The molecule has 360 valence electrons. The van der Waals surface area contributed by atoms with E-state index in [1.807, 2.05) is 52.8 Å². The lowest BCUT2D eigenvalue weighted by Crippen LogP contribution is -2.46. The van der Waals surface area contributed by atoms with E-state index in [1.54, 1.807) is 29.1 Å². The van der Waals surface area contributed by atoms with Crippen LogP contribution in [0, 0.1) is 11.8 Å². The third-order valence-corrected chi connectivity index (χ3v) is 13.0. The van der Waals surface area contributed by atoms with Gasteiger partial charge in [-0.15, -0.1) is 17.9 Å². The molecule has 0 radical (unpaired) electrons. The normalized spacial score (nSPS) is 19.0. The van der Waals surface area contributed by atoms with Crippen LogP contribution in [0.3, 0.4) is 0 Å². The van der Waals surface area contributed by atoms with Crippen molar-refractivity contribution in [1.29, 1.82) is 0 Å². The van der Waals surface area contributed by atoms with E-state index in [1.165, 1.54) is 23.4 Å². The molecule has 1 aromatic carbocycles. The van der Waals surface area contributed by atoms with Gasteiger partial charge in [0, 0.05) is 42.5 Å². The van der Waals surface area contributed by atoms with Gasteiger partial charge in [-0.1, -0.05) is 52.7 Å². The van der Waals surface area contributed by atoms with E-state index in [0.29, 0.717) is 38.1 Å². The Labute approximate surface area is 385 Å². The van der Waals surface area contributed by atoms with E-state index < -0.39 is 22.0 Å². The highest BCUT2D eigenvalue weighted by atomic mass is 32.2. The third kappa shape index (κ3) is 17.9. The van der Waals surface area contributed by atoms with E-state index in [4.69, 9.17) is 15.5 Å². The first kappa shape index (κ1) is 55.7. The van der Waals surface area contributed by atoms with Crippen molar-refractivity contribution >= 4 is 56.5 Å². The number of H-pyrrole nitrogens is 1. The minimum absolute atomic E-state index is 0.0417. The van der Waals surface area contributed by atoms with Crippen LogP contribution in [0.2, 0.25) is 0 Å². The van der Waals surface area contributed by atoms with Crippen LogP contribution in [0.5, 0.6) is 0 Å². The molecular formula is C46H76N8O8S2. The van der Waals surface area contributed by atoms with E-state index in [2.05, 4.69) is 60.0 Å². The summed E-state index contributed by atoms with van der Waals surface area (Å²) in [7, 11) is -1.65. The Balaban J connectivity index is 0.000000305. The van der Waals surface area contributed by atoms with Gasteiger partial charge in [0.1, 0.15) is 11.0 Å². The van der Waals surface area contributed by atoms with E-state index in [9.17, 15) is 32.4 Å². The first-order valence-electron chi connectivity index (χ1n) is 22.6. The van der Waals surface area contributed by atoms with Crippen molar-refractivity contribution in [3.8, 4) is 10.6 Å². The Morgan fingerprint density at radius 1 is 1.06 bits per heavy atom. The molecule has 64 heavy (non-hydrogen) atoms. The highest BCUT2D eigenvalue weighted by molar-refractivity contribution is 7.90. The lowest BCUT2D eigenvalue weighted by Gasteiger charge is -2.21. The molecule has 4 amide bonds. The van der Waals surface area contributed by atoms with Gasteiger partial charge in [-0.25, -0.2) is 18.2 Å². The van der Waals surface area contributed by atoms with Gasteiger partial charge >= 0.3 is 5.69 Å². The van der Waals surface area contributed by atoms with Crippen LogP contribution in [0.25, 0.3) is 21.6 Å². The van der Waals surface area contributed by atoms with Gasteiger partial charge in [-0.3, -0.25) is 28.5 Å². The summed E-state index contributed by atoms with van der Waals surface area (Å²) in [6, 6.07) is 5.68. The summed E-state index contributed by atoms with van der Waals surface area (Å²) in [6.45, 7) is 24.8. The number of primary amides is 1. The largest absolute Gasteiger partial charge is 0.379 e. The second-order valence-electron chi connectivity index (χ2n) is 17.5. The average Bonchev–Trinajstić information content (AvgIpc) is 4.11. The summed E-state index contributed by atoms with van der Waals surface area (Å²) in [5, 5.41) is 8.51. The van der Waals surface area contributed by atoms with Crippen molar-refractivity contribution in [2.24, 2.45) is 17.6 Å². The number of para-hydroxylation sites is 1. The minimum atomic E-state index is -3.36. The molecule has 2 aliphatic heterocycles. The molecule has 2 saturated heterocycles. The number of nitrogens with zero attached hydrogens (tertiary/aromatic N) is 3. The predicted octanol–water partition coefficient (Wildman–Crippen LogP) is 6.39. The Bertz CT molecular complexity index is 2090. The molecule has 3 atom stereocenters. The lowest BCUT2D eigenvalue weighted by atomic mass is 9.95. The molecule has 4 heterocycles. The maximum atomic E-state index is 12.3. The minimum Gasteiger partial charge on any atom is -0.379 e. The van der Waals surface area contributed by atoms with Crippen molar-refractivity contribution in [2.45, 2.75) is 149 Å². The number of likely N-dealkylation sites (tertiary alicyclic amines) is 1. The number of carbonyl (C=O) groups is 4. The number of methoxy groups -OCH3 is 1. The Kier molecular flexibility index (Phi) is 23.7. The number of nitrogens with one attached hydrogen (secondary N) is 4. The van der Waals surface area contributed by atoms with Crippen LogP contribution >= 0.6 is 11.3 Å². The number of aromatic amines is 1. The molecule has 3 aromatic rings. The second kappa shape index (κ2) is 27.2. The number of thiazole rings is 1. The highest BCUT2D eigenvalue weighted by Gasteiger charge is 2.44. The number of sulfonamides is 1. The molecule has 2 saturated carbocycles. The van der Waals surface area contributed by atoms with E-state index >= 15 is 0 Å². The number of benzene rings is 1. The molecule has 4 aliphatic rings. The van der Waals surface area contributed by atoms with Crippen molar-refractivity contribution < 1.29 is 32.3 Å². The van der Waals surface area contributed by atoms with Crippen LogP contribution in [0.15, 0.2) is 41.0 Å². The first-order chi connectivity index (χ1) is 30.2. The van der Waals surface area contributed by atoms with Crippen molar-refractivity contribution in [1.82, 2.24) is 34.8 Å². The first-order valence-corrected chi connectivity index (χ1v) is 25.1. The molecular weight excluding hydrogens is 857 g/mol. The Morgan fingerprint density at radius 2 is 1.67 bits per heavy atom. The van der Waals surface area contributed by atoms with Crippen LogP contribution < -0.4 is 26.8 Å². The van der Waals surface area contributed by atoms with Gasteiger partial charge in [0.25, 0.3) is 0 Å². The molecule has 7 rings (SSSR count). The summed E-state index contributed by atoms with van der Waals surface area (Å²) < 4.78 is 31.6. The fourth-order valence-corrected chi connectivity index (χ4v) is 8.89. The highest BCUT2D eigenvalue weighted by Crippen LogP contribution is 2.40. The van der Waals surface area contributed by atoms with Crippen molar-refractivity contribution in [2.75, 3.05) is 33.3 Å². The molecule has 2 aromatic heterocycles. The van der Waals surface area contributed by atoms with Gasteiger partial charge in [-0.05, 0) is 111 Å². The van der Waals surface area contributed by atoms with Gasteiger partial charge < -0.3 is 31.0 Å². The maximum absolute atomic E-state index is 12.3. The number of imidazole rings is 1. The maximum Gasteiger partial charge on any atom is 0.326 e. The van der Waals surface area contributed by atoms with Crippen LogP contribution in [0.4, 0.5) is 0 Å². The van der Waals surface area contributed by atoms with Crippen LogP contribution in [-0.4, -0.2) is 102 Å². The Hall–Kier alpha value is -4.39. The molecule has 18 heteroatoms. The molecule has 0 spiro atoms. The standard InChI is InChI=1S/C18H22N4OS.C9H13NO3S.C8H13N3O3.C5H12O.2C3H8/c1-11(2)22-15-5-3-4-13(16(15)21-18(22)23)17-20-14(10-24-17)12-6-8-19-9-7-12;1-2-6-5-8(6)9(11)10-14(12,13)7-3-4-7;9-8(14)6-2-1-3-11(6)7(13)4-10-5-12;1-5(2,3)6-4;2*1-3-2/h3-5,10-12,19H,6-9H2,1-2H3,(H,21,23);2,6-8H,1,3-5H2,(H,10,11);5-6H,1-4H2,(H2,9,14)(H,10,12);1-4H3;2*3H2,1-2H3. The zero-order chi connectivity index (χ0) is 48.2. The fourth-order valence-electron chi connectivity index (χ4n) is 6.60. The third-order valence-electron chi connectivity index (χ3n) is 10.3. The van der Waals surface area contributed by atoms with Gasteiger partial charge in [0.2, 0.25) is 34.2 Å². The number of amides is 4. The van der Waals surface area contributed by atoms with Crippen LogP contribution in [0.1, 0.15) is 138 Å². The van der Waals surface area contributed by atoms with Crippen molar-refractivity contribution in [3.05, 3.63) is 52.4 Å². The quantitative estimate of drug-likeness (QED) is 0.105. The van der Waals surface area contributed by atoms with Gasteiger partial charge in [0.15, 0.2) is 0 Å². The topological polar surface area (TPSA) is 228 Å². The molecule has 6 N–H and O–H groups in total. The number of rotatable bonds is 11. The summed E-state index contributed by atoms with van der Waals surface area (Å²) >= 11 is 1.67. The summed E-state index contributed by atoms with van der Waals surface area (Å²) in [6.07, 6.45) is 10.4. The second-order valence-corrected chi connectivity index (χ2v) is 20.3. The molecule has 3 unspecified atom stereocenters. The number of hydrogen-bond acceptors (Lipinski definition) is 11. The number of fused-ring (bicyclic) bond motifs is 1. The summed E-state index contributed by atoms with van der Waals surface area (Å²) in [4.78, 5) is 65.3. The molecule has 2 aliphatic carbocycles.